The van der Waals surface area contributed by atoms with Crippen LogP contribution >= 0.6 is 11.3 Å². The van der Waals surface area contributed by atoms with E-state index in [2.05, 4.69) is 10.3 Å². The number of pyridine rings is 1. The first kappa shape index (κ1) is 17.3. The predicted molar refractivity (Wildman–Crippen MR) is 100 cm³/mol. The van der Waals surface area contributed by atoms with Crippen LogP contribution in [-0.2, 0) is 4.74 Å². The number of nitrogens with one attached hydrogen (secondary N) is 1. The Morgan fingerprint density at radius 2 is 1.84 bits per heavy atom. The van der Waals surface area contributed by atoms with E-state index >= 15 is 0 Å². The third-order valence-corrected chi connectivity index (χ3v) is 4.57. The average molecular weight is 360 g/mol. The molecule has 1 N–H and O–H groups in total. The fourth-order valence-electron chi connectivity index (χ4n) is 2.66. The molecule has 0 saturated heterocycles. The number of carbonyl (C=O) groups is 1. The molecule has 3 rings (SSSR count). The number of rotatable bonds is 3. The fraction of sp³-hybridized carbons (Fsp3) is 0.333. The Hall–Kier alpha value is -2.54. The minimum atomic E-state index is -0.559. The van der Waals surface area contributed by atoms with Gasteiger partial charge < -0.3 is 14.2 Å². The highest BCUT2D eigenvalue weighted by atomic mass is 32.1. The first-order chi connectivity index (χ1) is 11.8. The Kier molecular flexibility index (Phi) is 4.43. The van der Waals surface area contributed by atoms with Gasteiger partial charge in [0.05, 0.1) is 23.9 Å². The van der Waals surface area contributed by atoms with E-state index in [9.17, 15) is 4.79 Å². The number of amides is 1. The predicted octanol–water partition coefficient (Wildman–Crippen LogP) is 4.81. The van der Waals surface area contributed by atoms with Gasteiger partial charge in [-0.2, -0.15) is 0 Å². The molecule has 0 bridgehead atoms. The van der Waals surface area contributed by atoms with Crippen molar-refractivity contribution in [3.63, 3.8) is 0 Å². The maximum atomic E-state index is 12.0. The van der Waals surface area contributed by atoms with E-state index in [1.165, 1.54) is 11.3 Å². The summed E-state index contributed by atoms with van der Waals surface area (Å²) in [5.41, 5.74) is -0.559. The molecule has 0 aliphatic carbocycles. The van der Waals surface area contributed by atoms with E-state index in [1.54, 1.807) is 26.6 Å². The van der Waals surface area contributed by atoms with E-state index in [0.29, 0.717) is 10.8 Å². The lowest BCUT2D eigenvalue weighted by Gasteiger charge is -2.19. The smallest absolute Gasteiger partial charge is 0.412 e. The summed E-state index contributed by atoms with van der Waals surface area (Å²) >= 11 is 1.41. The maximum absolute atomic E-state index is 12.0. The van der Waals surface area contributed by atoms with Gasteiger partial charge in [0.1, 0.15) is 17.1 Å². The van der Waals surface area contributed by atoms with Gasteiger partial charge in [-0.05, 0) is 32.9 Å². The van der Waals surface area contributed by atoms with Crippen molar-refractivity contribution in [2.45, 2.75) is 26.4 Å². The quantitative estimate of drug-likeness (QED) is 0.725. The number of hydrogen-bond donors (Lipinski definition) is 1. The Morgan fingerprint density at radius 3 is 2.48 bits per heavy atom. The number of aromatic nitrogens is 1. The molecule has 0 aliphatic rings. The largest absolute Gasteiger partial charge is 0.495 e. The molecule has 0 aliphatic heterocycles. The van der Waals surface area contributed by atoms with Gasteiger partial charge in [0.25, 0.3) is 0 Å². The second-order valence-corrected chi connectivity index (χ2v) is 7.52. The molecular weight excluding hydrogens is 340 g/mol. The first-order valence-corrected chi connectivity index (χ1v) is 8.57. The highest BCUT2D eigenvalue weighted by Crippen LogP contribution is 2.47. The third kappa shape index (κ3) is 3.32. The van der Waals surface area contributed by atoms with E-state index in [1.807, 2.05) is 32.9 Å². The molecule has 6 nitrogen and oxygen atoms in total. The second kappa shape index (κ2) is 6.40. The zero-order valence-electron chi connectivity index (χ0n) is 14.8. The van der Waals surface area contributed by atoms with Crippen molar-refractivity contribution in [2.24, 2.45) is 0 Å². The van der Waals surface area contributed by atoms with Gasteiger partial charge in [-0.3, -0.25) is 10.3 Å². The monoisotopic (exact) mass is 360 g/mol. The molecule has 0 spiro atoms. The summed E-state index contributed by atoms with van der Waals surface area (Å²) in [7, 11) is 3.24. The van der Waals surface area contributed by atoms with Crippen molar-refractivity contribution < 1.29 is 19.0 Å². The number of hydrogen-bond acceptors (Lipinski definition) is 6. The number of anilines is 1. The molecule has 3 aromatic rings. The second-order valence-electron chi connectivity index (χ2n) is 6.47. The Balaban J connectivity index is 2.13. The summed E-state index contributed by atoms with van der Waals surface area (Å²) in [5.74, 6) is 1.43. The molecule has 1 amide bonds. The van der Waals surface area contributed by atoms with Crippen LogP contribution in [0.15, 0.2) is 24.5 Å². The van der Waals surface area contributed by atoms with Crippen molar-refractivity contribution in [2.75, 3.05) is 19.5 Å². The molecule has 2 aromatic heterocycles. The molecule has 7 heteroatoms. The summed E-state index contributed by atoms with van der Waals surface area (Å²) in [6.07, 6.45) is 2.96. The van der Waals surface area contributed by atoms with Crippen molar-refractivity contribution in [1.82, 2.24) is 4.98 Å². The molecular formula is C18H20N2O4S. The van der Waals surface area contributed by atoms with Crippen LogP contribution in [0.3, 0.4) is 0 Å². The number of ether oxygens (including phenoxy) is 3. The topological polar surface area (TPSA) is 69.7 Å². The molecule has 2 heterocycles. The summed E-state index contributed by atoms with van der Waals surface area (Å²) in [6, 6.07) is 3.74. The Labute approximate surface area is 149 Å². The van der Waals surface area contributed by atoms with Crippen LogP contribution in [0.25, 0.3) is 20.9 Å². The summed E-state index contributed by atoms with van der Waals surface area (Å²) < 4.78 is 17.4. The number of thiophene rings is 1. The number of nitrogens with zero attached hydrogens (tertiary/aromatic N) is 1. The summed E-state index contributed by atoms with van der Waals surface area (Å²) in [4.78, 5) is 16.2. The van der Waals surface area contributed by atoms with Gasteiger partial charge in [0.15, 0.2) is 0 Å². The Bertz CT molecular complexity index is 883. The van der Waals surface area contributed by atoms with Gasteiger partial charge in [-0.1, -0.05) is 0 Å². The number of carbonyl (C=O) groups excluding carboxylic acids is 1. The lowest BCUT2D eigenvalue weighted by atomic mass is 10.1. The van der Waals surface area contributed by atoms with Gasteiger partial charge >= 0.3 is 6.09 Å². The van der Waals surface area contributed by atoms with Crippen LogP contribution in [-0.4, -0.2) is 30.9 Å². The zero-order chi connectivity index (χ0) is 18.2. The van der Waals surface area contributed by atoms with Crippen molar-refractivity contribution in [1.29, 1.82) is 0 Å². The van der Waals surface area contributed by atoms with Gasteiger partial charge in [-0.15, -0.1) is 11.3 Å². The number of benzene rings is 1. The normalized spacial score (nSPS) is 11.6. The molecule has 1 aromatic carbocycles. The molecule has 0 unspecified atom stereocenters. The highest BCUT2D eigenvalue weighted by molar-refractivity contribution is 7.23. The molecule has 0 fully saturated rings. The van der Waals surface area contributed by atoms with Crippen molar-refractivity contribution >= 4 is 43.3 Å². The first-order valence-electron chi connectivity index (χ1n) is 7.75. The van der Waals surface area contributed by atoms with Crippen LogP contribution in [0.4, 0.5) is 9.80 Å². The maximum Gasteiger partial charge on any atom is 0.412 e. The molecule has 0 radical (unpaired) electrons. The van der Waals surface area contributed by atoms with Crippen molar-refractivity contribution in [3.05, 3.63) is 24.5 Å². The van der Waals surface area contributed by atoms with Crippen LogP contribution in [0.1, 0.15) is 20.8 Å². The van der Waals surface area contributed by atoms with Crippen LogP contribution in [0, 0.1) is 0 Å². The van der Waals surface area contributed by atoms with E-state index in [0.717, 1.165) is 26.6 Å². The Morgan fingerprint density at radius 1 is 1.12 bits per heavy atom. The summed E-state index contributed by atoms with van der Waals surface area (Å²) in [6.45, 7) is 5.47. The summed E-state index contributed by atoms with van der Waals surface area (Å²) in [5, 5.41) is 6.06. The average Bonchev–Trinajstić information content (AvgIpc) is 2.93. The standard InChI is InChI=1S/C18H20N2O4S/c1-18(2,3)24-17(21)20-13-8-11-14(22-4)12-9-19-7-6-10(12)15(23-5)16(11)25-13/h6-9H,1-5H3,(H,20,21). The number of methoxy groups -OCH3 is 2. The van der Waals surface area contributed by atoms with E-state index in [-0.39, 0.29) is 0 Å². The highest BCUT2D eigenvalue weighted by Gasteiger charge is 2.21. The fourth-order valence-corrected chi connectivity index (χ4v) is 3.74. The van der Waals surface area contributed by atoms with E-state index in [4.69, 9.17) is 14.2 Å². The number of fused-ring (bicyclic) bond motifs is 2. The minimum absolute atomic E-state index is 0.497. The van der Waals surface area contributed by atoms with Crippen LogP contribution in [0.5, 0.6) is 11.5 Å². The SMILES string of the molecule is COc1c2cnccc2c(OC)c2sc(NC(=O)OC(C)(C)C)cc12. The van der Waals surface area contributed by atoms with Gasteiger partial charge in [-0.25, -0.2) is 4.79 Å². The molecule has 132 valence electrons. The lowest BCUT2D eigenvalue weighted by molar-refractivity contribution is 0.0636. The lowest BCUT2D eigenvalue weighted by Crippen LogP contribution is -2.26. The third-order valence-electron chi connectivity index (χ3n) is 3.53. The molecule has 0 atom stereocenters. The van der Waals surface area contributed by atoms with Crippen molar-refractivity contribution in [3.8, 4) is 11.5 Å². The molecule has 25 heavy (non-hydrogen) atoms. The minimum Gasteiger partial charge on any atom is -0.495 e. The van der Waals surface area contributed by atoms with Crippen LogP contribution < -0.4 is 14.8 Å². The van der Waals surface area contributed by atoms with Gasteiger partial charge in [0.2, 0.25) is 0 Å². The van der Waals surface area contributed by atoms with Crippen LogP contribution in [0.2, 0.25) is 0 Å². The van der Waals surface area contributed by atoms with E-state index < -0.39 is 11.7 Å². The van der Waals surface area contributed by atoms with Gasteiger partial charge in [0, 0.05) is 28.6 Å². The zero-order valence-corrected chi connectivity index (χ0v) is 15.6. The molecule has 0 saturated carbocycles.